The largest absolute Gasteiger partial charge is 0.343 e. The maximum absolute atomic E-state index is 11.5. The van der Waals surface area contributed by atoms with E-state index in [0.717, 1.165) is 0 Å². The lowest BCUT2D eigenvalue weighted by molar-refractivity contribution is 0.0705. The molecule has 1 N–H and O–H groups in total. The van der Waals surface area contributed by atoms with Crippen LogP contribution in [0.15, 0.2) is 4.79 Å². The van der Waals surface area contributed by atoms with Crippen LogP contribution in [-0.2, 0) is 6.54 Å². The molecular weight excluding hydrogens is 172 g/mol. The number of aromatic amines is 1. The van der Waals surface area contributed by atoms with Crippen molar-refractivity contribution in [2.75, 3.05) is 13.1 Å². The minimum absolute atomic E-state index is 0.174. The van der Waals surface area contributed by atoms with Gasteiger partial charge in [-0.25, -0.2) is 9.89 Å². The number of carbonyl (C=O) groups is 1. The molecule has 0 fully saturated rings. The third-order valence-corrected chi connectivity index (χ3v) is 2.21. The molecule has 0 saturated carbocycles. The molecule has 1 amide bonds. The van der Waals surface area contributed by atoms with Gasteiger partial charge in [0.15, 0.2) is 0 Å². The highest BCUT2D eigenvalue weighted by Gasteiger charge is 2.26. The molecular formula is C7H10N4O2. The highest BCUT2D eigenvalue weighted by atomic mass is 16.2. The van der Waals surface area contributed by atoms with E-state index >= 15 is 0 Å². The van der Waals surface area contributed by atoms with Crippen LogP contribution >= 0.6 is 0 Å². The van der Waals surface area contributed by atoms with Crippen molar-refractivity contribution in [3.05, 3.63) is 16.3 Å². The van der Waals surface area contributed by atoms with Gasteiger partial charge in [0.2, 0.25) is 5.82 Å². The molecule has 0 atom stereocenters. The van der Waals surface area contributed by atoms with E-state index in [9.17, 15) is 9.59 Å². The molecule has 1 aromatic rings. The zero-order chi connectivity index (χ0) is 9.42. The Kier molecular flexibility index (Phi) is 1.68. The van der Waals surface area contributed by atoms with Crippen molar-refractivity contribution in [1.82, 2.24) is 19.7 Å². The molecule has 1 aliphatic rings. The summed E-state index contributed by atoms with van der Waals surface area (Å²) in [5, 5.41) is 5.93. The average molecular weight is 182 g/mol. The van der Waals surface area contributed by atoms with Crippen LogP contribution in [0.2, 0.25) is 0 Å². The Bertz CT molecular complexity index is 391. The number of amides is 1. The molecule has 2 heterocycles. The predicted octanol–water partition coefficient (Wildman–Crippen LogP) is -0.953. The molecule has 13 heavy (non-hydrogen) atoms. The van der Waals surface area contributed by atoms with Crippen molar-refractivity contribution in [3.63, 3.8) is 0 Å². The number of carbonyl (C=O) groups excluding carboxylic acids is 1. The van der Waals surface area contributed by atoms with E-state index in [1.54, 1.807) is 4.90 Å². The van der Waals surface area contributed by atoms with Gasteiger partial charge in [-0.15, -0.1) is 5.10 Å². The van der Waals surface area contributed by atoms with Gasteiger partial charge in [-0.2, -0.15) is 0 Å². The van der Waals surface area contributed by atoms with Gasteiger partial charge >= 0.3 is 5.69 Å². The molecule has 1 aromatic heterocycles. The molecule has 6 heteroatoms. The molecule has 0 bridgehead atoms. The van der Waals surface area contributed by atoms with Crippen LogP contribution in [-0.4, -0.2) is 38.7 Å². The number of fused-ring (bicyclic) bond motifs is 1. The number of nitrogens with one attached hydrogen (secondary N) is 1. The number of hydrogen-bond acceptors (Lipinski definition) is 3. The van der Waals surface area contributed by atoms with Crippen molar-refractivity contribution in [2.45, 2.75) is 13.5 Å². The summed E-state index contributed by atoms with van der Waals surface area (Å²) < 4.78 is 1.37. The second-order valence-electron chi connectivity index (χ2n) is 2.89. The van der Waals surface area contributed by atoms with Crippen LogP contribution < -0.4 is 5.69 Å². The van der Waals surface area contributed by atoms with Gasteiger partial charge in [0.05, 0.1) is 0 Å². The zero-order valence-electron chi connectivity index (χ0n) is 7.28. The Labute approximate surface area is 74.2 Å². The Hall–Kier alpha value is -1.59. The number of H-pyrrole nitrogens is 1. The molecule has 0 unspecified atom stereocenters. The van der Waals surface area contributed by atoms with E-state index in [1.807, 2.05) is 6.92 Å². The topological polar surface area (TPSA) is 71.0 Å². The van der Waals surface area contributed by atoms with E-state index in [0.29, 0.717) is 19.6 Å². The molecule has 0 saturated heterocycles. The molecule has 2 rings (SSSR count). The van der Waals surface area contributed by atoms with E-state index in [-0.39, 0.29) is 17.4 Å². The number of rotatable bonds is 1. The van der Waals surface area contributed by atoms with Crippen LogP contribution in [0.5, 0.6) is 0 Å². The Morgan fingerprint density at radius 3 is 2.92 bits per heavy atom. The molecule has 0 spiro atoms. The molecule has 6 nitrogen and oxygen atoms in total. The van der Waals surface area contributed by atoms with Crippen molar-refractivity contribution in [3.8, 4) is 0 Å². The SMILES string of the molecule is CCN1CCn2c(n[nH]c2=O)C1=O. The average Bonchev–Trinajstić information content (AvgIpc) is 2.50. The zero-order valence-corrected chi connectivity index (χ0v) is 7.28. The predicted molar refractivity (Wildman–Crippen MR) is 44.4 cm³/mol. The highest BCUT2D eigenvalue weighted by Crippen LogP contribution is 2.05. The number of aromatic nitrogens is 3. The minimum Gasteiger partial charge on any atom is -0.334 e. The molecule has 0 aromatic carbocycles. The summed E-state index contributed by atoms with van der Waals surface area (Å²) in [5.41, 5.74) is -0.306. The van der Waals surface area contributed by atoms with Crippen molar-refractivity contribution in [1.29, 1.82) is 0 Å². The summed E-state index contributed by atoms with van der Waals surface area (Å²) in [6.45, 7) is 3.67. The highest BCUT2D eigenvalue weighted by molar-refractivity contribution is 5.91. The molecule has 0 radical (unpaired) electrons. The number of hydrogen-bond donors (Lipinski definition) is 1. The van der Waals surface area contributed by atoms with E-state index in [4.69, 9.17) is 0 Å². The van der Waals surface area contributed by atoms with Crippen LogP contribution in [0.3, 0.4) is 0 Å². The van der Waals surface area contributed by atoms with Crippen molar-refractivity contribution in [2.24, 2.45) is 0 Å². The number of nitrogens with zero attached hydrogens (tertiary/aromatic N) is 3. The maximum atomic E-state index is 11.5. The smallest absolute Gasteiger partial charge is 0.334 e. The summed E-state index contributed by atoms with van der Waals surface area (Å²) in [5.74, 6) is 0.0465. The van der Waals surface area contributed by atoms with E-state index < -0.39 is 0 Å². The maximum Gasteiger partial charge on any atom is 0.343 e. The van der Waals surface area contributed by atoms with Gasteiger partial charge in [0, 0.05) is 19.6 Å². The first-order valence-electron chi connectivity index (χ1n) is 4.18. The van der Waals surface area contributed by atoms with Crippen LogP contribution in [0.25, 0.3) is 0 Å². The van der Waals surface area contributed by atoms with Crippen LogP contribution in [0, 0.1) is 0 Å². The first kappa shape index (κ1) is 8.03. The van der Waals surface area contributed by atoms with Gasteiger partial charge in [0.1, 0.15) is 0 Å². The lowest BCUT2D eigenvalue weighted by atomic mass is 10.3. The fourth-order valence-electron chi connectivity index (χ4n) is 1.45. The summed E-state index contributed by atoms with van der Waals surface area (Å²) >= 11 is 0. The van der Waals surface area contributed by atoms with Crippen LogP contribution in [0.4, 0.5) is 0 Å². The third-order valence-electron chi connectivity index (χ3n) is 2.21. The Balaban J connectivity index is 2.46. The minimum atomic E-state index is -0.306. The first-order valence-corrected chi connectivity index (χ1v) is 4.18. The van der Waals surface area contributed by atoms with Gasteiger partial charge in [0.25, 0.3) is 5.91 Å². The fraction of sp³-hybridized carbons (Fsp3) is 0.571. The second-order valence-corrected chi connectivity index (χ2v) is 2.89. The van der Waals surface area contributed by atoms with Crippen molar-refractivity contribution >= 4 is 5.91 Å². The summed E-state index contributed by atoms with van der Waals surface area (Å²) in [6, 6.07) is 0. The quantitative estimate of drug-likeness (QED) is 0.608. The standard InChI is InChI=1S/C7H10N4O2/c1-2-10-3-4-11-5(6(10)12)8-9-7(11)13/h2-4H2,1H3,(H,9,13). The van der Waals surface area contributed by atoms with Gasteiger partial charge < -0.3 is 4.90 Å². The van der Waals surface area contributed by atoms with E-state index in [2.05, 4.69) is 10.2 Å². The lowest BCUT2D eigenvalue weighted by Crippen LogP contribution is -2.42. The second kappa shape index (κ2) is 2.72. The van der Waals surface area contributed by atoms with E-state index in [1.165, 1.54) is 4.57 Å². The third kappa shape index (κ3) is 1.06. The van der Waals surface area contributed by atoms with Crippen molar-refractivity contribution < 1.29 is 4.79 Å². The monoisotopic (exact) mass is 182 g/mol. The fourth-order valence-corrected chi connectivity index (χ4v) is 1.45. The molecule has 1 aliphatic heterocycles. The molecule has 0 aliphatic carbocycles. The summed E-state index contributed by atoms with van der Waals surface area (Å²) in [6.07, 6.45) is 0. The first-order chi connectivity index (χ1) is 6.24. The van der Waals surface area contributed by atoms with Gasteiger partial charge in [-0.05, 0) is 6.92 Å². The lowest BCUT2D eigenvalue weighted by Gasteiger charge is -2.24. The number of likely N-dealkylation sites (N-methyl/N-ethyl adjacent to an activating group) is 1. The van der Waals surface area contributed by atoms with Gasteiger partial charge in [-0.1, -0.05) is 0 Å². The summed E-state index contributed by atoms with van der Waals surface area (Å²) in [4.78, 5) is 24.3. The van der Waals surface area contributed by atoms with Gasteiger partial charge in [-0.3, -0.25) is 9.36 Å². The summed E-state index contributed by atoms with van der Waals surface area (Å²) in [7, 11) is 0. The normalized spacial score (nSPS) is 16.1. The molecule has 70 valence electrons. The van der Waals surface area contributed by atoms with Crippen LogP contribution in [0.1, 0.15) is 17.5 Å². The Morgan fingerprint density at radius 2 is 2.23 bits per heavy atom. The Morgan fingerprint density at radius 1 is 1.46 bits per heavy atom.